The molecule has 0 N–H and O–H groups in total. The molecule has 0 bridgehead atoms. The third-order valence-electron chi connectivity index (χ3n) is 8.60. The molecule has 0 radical (unpaired) electrons. The molecule has 210 valence electrons. The Labute approximate surface area is 260 Å². The number of fused-ring (bicyclic) bond motifs is 5. The highest BCUT2D eigenvalue weighted by molar-refractivity contribution is 6.13. The predicted octanol–water partition coefficient (Wildman–Crippen LogP) is 10.2. The predicted molar refractivity (Wildman–Crippen MR) is 185 cm³/mol. The second-order valence-electron chi connectivity index (χ2n) is 11.3. The van der Waals surface area contributed by atoms with Crippen LogP contribution in [0.15, 0.2) is 158 Å². The topological polar surface area (TPSA) is 43.6 Å². The van der Waals surface area contributed by atoms with Crippen molar-refractivity contribution in [3.8, 4) is 50.8 Å². The van der Waals surface area contributed by atoms with Gasteiger partial charge in [0, 0.05) is 32.8 Å². The van der Waals surface area contributed by atoms with Gasteiger partial charge in [0.05, 0.1) is 22.2 Å². The van der Waals surface area contributed by atoms with Gasteiger partial charge in [-0.15, -0.1) is 0 Å². The molecule has 2 aliphatic heterocycles. The van der Waals surface area contributed by atoms with Crippen LogP contribution < -0.4 is 0 Å². The van der Waals surface area contributed by atoms with Gasteiger partial charge >= 0.3 is 0 Å². The molecule has 0 unspecified atom stereocenters. The average molecular weight is 575 g/mol. The maximum Gasteiger partial charge on any atom is 0.237 e. The standard InChI is InChI=1S/C41H26N4/c1-4-14-27(15-5-1)30-24-25-33-36(26-30)45(41-43-35-23-13-11-21-32(35)39(44-41)29-18-8-3-9-19-29)40-38(31-20-10-12-22-34(31)42-40)37(33)28-16-6-2-7-17-28/h1-26H. The Kier molecular flexibility index (Phi) is 5.78. The fourth-order valence-electron chi connectivity index (χ4n) is 6.56. The molecule has 2 aliphatic rings. The van der Waals surface area contributed by atoms with Crippen molar-refractivity contribution in [3.63, 3.8) is 0 Å². The van der Waals surface area contributed by atoms with Crippen molar-refractivity contribution in [2.75, 3.05) is 0 Å². The quantitative estimate of drug-likeness (QED) is 0.210. The highest BCUT2D eigenvalue weighted by Gasteiger charge is 2.27. The van der Waals surface area contributed by atoms with Gasteiger partial charge < -0.3 is 0 Å². The summed E-state index contributed by atoms with van der Waals surface area (Å²) in [7, 11) is 0. The Bertz CT molecular complexity index is 2460. The third-order valence-corrected chi connectivity index (χ3v) is 8.60. The molecule has 4 nitrogen and oxygen atoms in total. The SMILES string of the molecule is c1ccc(-c2ccc3c(-c4ccccc4)c4c5ccccc5nc-4n(-c4nc(-c5ccccc5)c5ccccc5n4)c3c2)cc1. The van der Waals surface area contributed by atoms with E-state index in [1.165, 1.54) is 0 Å². The van der Waals surface area contributed by atoms with Crippen molar-refractivity contribution >= 4 is 32.7 Å². The summed E-state index contributed by atoms with van der Waals surface area (Å²) < 4.78 is 2.17. The van der Waals surface area contributed by atoms with Gasteiger partial charge in [0.1, 0.15) is 5.82 Å². The molecule has 3 heterocycles. The first-order valence-corrected chi connectivity index (χ1v) is 15.1. The van der Waals surface area contributed by atoms with Crippen LogP contribution in [0.25, 0.3) is 83.6 Å². The van der Waals surface area contributed by atoms with Crippen molar-refractivity contribution < 1.29 is 0 Å². The van der Waals surface area contributed by atoms with Crippen molar-refractivity contribution in [3.05, 3.63) is 158 Å². The van der Waals surface area contributed by atoms with Crippen molar-refractivity contribution in [1.29, 1.82) is 0 Å². The van der Waals surface area contributed by atoms with Crippen LogP contribution in [0.3, 0.4) is 0 Å². The van der Waals surface area contributed by atoms with E-state index in [9.17, 15) is 0 Å². The summed E-state index contributed by atoms with van der Waals surface area (Å²) in [6.45, 7) is 0. The molecule has 0 spiro atoms. The van der Waals surface area contributed by atoms with Crippen LogP contribution in [0.2, 0.25) is 0 Å². The van der Waals surface area contributed by atoms with Crippen LogP contribution in [0.5, 0.6) is 0 Å². The summed E-state index contributed by atoms with van der Waals surface area (Å²) in [5.74, 6) is 1.43. The van der Waals surface area contributed by atoms with E-state index < -0.39 is 0 Å². The maximum atomic E-state index is 5.33. The van der Waals surface area contributed by atoms with Crippen LogP contribution >= 0.6 is 0 Å². The molecule has 0 fully saturated rings. The normalized spacial score (nSPS) is 11.6. The Morgan fingerprint density at radius 3 is 1.67 bits per heavy atom. The summed E-state index contributed by atoms with van der Waals surface area (Å²) in [6.07, 6.45) is 0. The lowest BCUT2D eigenvalue weighted by Crippen LogP contribution is -2.10. The van der Waals surface area contributed by atoms with Gasteiger partial charge in [-0.3, -0.25) is 4.57 Å². The number of pyridine rings is 1. The minimum Gasteiger partial charge on any atom is -0.262 e. The monoisotopic (exact) mass is 574 g/mol. The highest BCUT2D eigenvalue weighted by Crippen LogP contribution is 2.46. The second kappa shape index (κ2) is 10.2. The lowest BCUT2D eigenvalue weighted by molar-refractivity contribution is 0.962. The molecule has 0 atom stereocenters. The summed E-state index contributed by atoms with van der Waals surface area (Å²) in [5.41, 5.74) is 10.4. The smallest absolute Gasteiger partial charge is 0.237 e. The zero-order valence-corrected chi connectivity index (χ0v) is 24.3. The van der Waals surface area contributed by atoms with Crippen molar-refractivity contribution in [1.82, 2.24) is 19.5 Å². The fraction of sp³-hybridized carbons (Fsp3) is 0. The van der Waals surface area contributed by atoms with E-state index in [4.69, 9.17) is 15.0 Å². The van der Waals surface area contributed by atoms with Crippen molar-refractivity contribution in [2.24, 2.45) is 0 Å². The van der Waals surface area contributed by atoms with Crippen LogP contribution in [0, 0.1) is 0 Å². The maximum absolute atomic E-state index is 5.33. The zero-order chi connectivity index (χ0) is 29.7. The number of rotatable bonds is 4. The molecular formula is C41H26N4. The molecular weight excluding hydrogens is 548 g/mol. The molecule has 7 aromatic rings. The van der Waals surface area contributed by atoms with Gasteiger partial charge in [0.25, 0.3) is 0 Å². The Morgan fingerprint density at radius 1 is 0.378 bits per heavy atom. The van der Waals surface area contributed by atoms with Crippen LogP contribution in [0.4, 0.5) is 0 Å². The summed E-state index contributed by atoms with van der Waals surface area (Å²) in [6, 6.07) is 54.9. The van der Waals surface area contributed by atoms with E-state index in [2.05, 4.69) is 138 Å². The number of benzene rings is 6. The lowest BCUT2D eigenvalue weighted by Gasteiger charge is -2.21. The molecule has 1 aromatic heterocycles. The van der Waals surface area contributed by atoms with Gasteiger partial charge in [-0.25, -0.2) is 15.0 Å². The Morgan fingerprint density at radius 2 is 0.956 bits per heavy atom. The Balaban J connectivity index is 1.48. The van der Waals surface area contributed by atoms with Crippen LogP contribution in [-0.2, 0) is 0 Å². The number of hydrogen-bond acceptors (Lipinski definition) is 3. The van der Waals surface area contributed by atoms with Gasteiger partial charge in [0.15, 0.2) is 0 Å². The van der Waals surface area contributed by atoms with E-state index >= 15 is 0 Å². The van der Waals surface area contributed by atoms with E-state index in [0.29, 0.717) is 5.95 Å². The minimum atomic E-state index is 0.593. The number of aromatic nitrogens is 4. The van der Waals surface area contributed by atoms with Gasteiger partial charge in [0.2, 0.25) is 5.95 Å². The fourth-order valence-corrected chi connectivity index (χ4v) is 6.56. The molecule has 0 aliphatic carbocycles. The molecule has 9 rings (SSSR count). The van der Waals surface area contributed by atoms with E-state index in [1.807, 2.05) is 24.3 Å². The van der Waals surface area contributed by atoms with E-state index in [-0.39, 0.29) is 0 Å². The molecule has 45 heavy (non-hydrogen) atoms. The molecule has 0 saturated carbocycles. The average Bonchev–Trinajstić information content (AvgIpc) is 3.50. The molecule has 4 heteroatoms. The molecule has 0 amide bonds. The van der Waals surface area contributed by atoms with Crippen molar-refractivity contribution in [2.45, 2.75) is 0 Å². The van der Waals surface area contributed by atoms with E-state index in [0.717, 1.165) is 77.6 Å². The number of para-hydroxylation sites is 2. The van der Waals surface area contributed by atoms with E-state index in [1.54, 1.807) is 0 Å². The zero-order valence-electron chi connectivity index (χ0n) is 24.3. The van der Waals surface area contributed by atoms with Crippen LogP contribution in [0.1, 0.15) is 0 Å². The number of hydrogen-bond donors (Lipinski definition) is 0. The second-order valence-corrected chi connectivity index (χ2v) is 11.3. The third kappa shape index (κ3) is 4.11. The summed E-state index contributed by atoms with van der Waals surface area (Å²) >= 11 is 0. The molecule has 6 aromatic carbocycles. The first-order valence-electron chi connectivity index (χ1n) is 15.1. The highest BCUT2D eigenvalue weighted by atomic mass is 15.2. The summed E-state index contributed by atoms with van der Waals surface area (Å²) in [4.78, 5) is 15.8. The first kappa shape index (κ1) is 25.4. The number of nitrogens with zero attached hydrogens (tertiary/aromatic N) is 4. The largest absolute Gasteiger partial charge is 0.262 e. The Hall–Kier alpha value is -6.13. The van der Waals surface area contributed by atoms with Gasteiger partial charge in [-0.1, -0.05) is 140 Å². The summed E-state index contributed by atoms with van der Waals surface area (Å²) in [5, 5.41) is 3.24. The minimum absolute atomic E-state index is 0.593. The van der Waals surface area contributed by atoms with Gasteiger partial charge in [-0.2, -0.15) is 0 Å². The molecule has 0 saturated heterocycles. The van der Waals surface area contributed by atoms with Gasteiger partial charge in [-0.05, 0) is 34.9 Å². The van der Waals surface area contributed by atoms with Crippen LogP contribution in [-0.4, -0.2) is 19.5 Å². The first-order chi connectivity index (χ1) is 22.3. The lowest BCUT2D eigenvalue weighted by atomic mass is 9.92.